The number of thioether (sulfide) groups is 1. The van der Waals surface area contributed by atoms with Gasteiger partial charge >= 0.3 is 0 Å². The normalized spacial score (nSPS) is 12.9. The molecule has 0 saturated carbocycles. The second-order valence-electron chi connectivity index (χ2n) is 4.40. The van der Waals surface area contributed by atoms with Gasteiger partial charge in [0.25, 0.3) is 0 Å². The van der Waals surface area contributed by atoms with Gasteiger partial charge < -0.3 is 5.32 Å². The minimum Gasteiger partial charge on any atom is -0.383 e. The summed E-state index contributed by atoms with van der Waals surface area (Å²) in [7, 11) is 0. The van der Waals surface area contributed by atoms with Crippen LogP contribution in [-0.4, -0.2) is 12.3 Å². The Labute approximate surface area is 97.7 Å². The van der Waals surface area contributed by atoms with E-state index in [2.05, 4.69) is 56.6 Å². The zero-order valence-electron chi connectivity index (χ0n) is 10.1. The van der Waals surface area contributed by atoms with Crippen molar-refractivity contribution in [2.45, 2.75) is 38.1 Å². The van der Waals surface area contributed by atoms with E-state index in [1.54, 1.807) is 11.8 Å². The maximum Gasteiger partial charge on any atom is 0.0342 e. The van der Waals surface area contributed by atoms with E-state index in [0.29, 0.717) is 6.04 Å². The molecule has 1 N–H and O–H groups in total. The van der Waals surface area contributed by atoms with E-state index in [9.17, 15) is 0 Å². The Kier molecular flexibility index (Phi) is 5.03. The van der Waals surface area contributed by atoms with Crippen molar-refractivity contribution in [2.24, 2.45) is 5.92 Å². The van der Waals surface area contributed by atoms with E-state index in [4.69, 9.17) is 0 Å². The molecule has 0 aliphatic heterocycles. The molecule has 1 rings (SSSR count). The lowest BCUT2D eigenvalue weighted by Gasteiger charge is -2.17. The number of benzene rings is 1. The van der Waals surface area contributed by atoms with Gasteiger partial charge in [-0.1, -0.05) is 13.8 Å². The Balaban J connectivity index is 2.49. The van der Waals surface area contributed by atoms with E-state index >= 15 is 0 Å². The molecule has 84 valence electrons. The highest BCUT2D eigenvalue weighted by molar-refractivity contribution is 7.98. The van der Waals surface area contributed by atoms with Gasteiger partial charge in [0.15, 0.2) is 0 Å². The van der Waals surface area contributed by atoms with Crippen LogP contribution in [0, 0.1) is 5.92 Å². The predicted molar refractivity (Wildman–Crippen MR) is 70.8 cm³/mol. The summed E-state index contributed by atoms with van der Waals surface area (Å²) in [5, 5.41) is 3.52. The van der Waals surface area contributed by atoms with Crippen LogP contribution in [-0.2, 0) is 0 Å². The van der Waals surface area contributed by atoms with Gasteiger partial charge in [0.2, 0.25) is 0 Å². The molecule has 0 saturated heterocycles. The minimum atomic E-state index is 0.546. The summed E-state index contributed by atoms with van der Waals surface area (Å²) in [6, 6.07) is 9.18. The minimum absolute atomic E-state index is 0.546. The zero-order valence-corrected chi connectivity index (χ0v) is 10.9. The third-order valence-electron chi connectivity index (χ3n) is 2.33. The van der Waals surface area contributed by atoms with Gasteiger partial charge in [-0.25, -0.2) is 0 Å². The average molecular weight is 223 g/mol. The quantitative estimate of drug-likeness (QED) is 0.749. The number of hydrogen-bond donors (Lipinski definition) is 1. The molecule has 1 atom stereocenters. The molecule has 0 aromatic heterocycles. The van der Waals surface area contributed by atoms with Crippen molar-refractivity contribution in [3.63, 3.8) is 0 Å². The summed E-state index contributed by atoms with van der Waals surface area (Å²) in [5.74, 6) is 0.748. The molecule has 1 aromatic rings. The molecule has 0 aliphatic carbocycles. The standard InChI is InChI=1S/C13H21NS/c1-10(2)9-11(3)14-12-5-7-13(15-4)8-6-12/h5-8,10-11,14H,9H2,1-4H3/t11-/m1/s1. The molecule has 0 bridgehead atoms. The smallest absolute Gasteiger partial charge is 0.0342 e. The predicted octanol–water partition coefficient (Wildman–Crippen LogP) is 4.26. The fourth-order valence-corrected chi connectivity index (χ4v) is 2.15. The first kappa shape index (κ1) is 12.4. The maximum absolute atomic E-state index is 3.52. The lowest BCUT2D eigenvalue weighted by atomic mass is 10.1. The fourth-order valence-electron chi connectivity index (χ4n) is 1.74. The molecule has 2 heteroatoms. The largest absolute Gasteiger partial charge is 0.383 e. The van der Waals surface area contributed by atoms with Crippen molar-refractivity contribution in [3.8, 4) is 0 Å². The van der Waals surface area contributed by atoms with Gasteiger partial charge in [0.05, 0.1) is 0 Å². The van der Waals surface area contributed by atoms with Crippen molar-refractivity contribution in [2.75, 3.05) is 11.6 Å². The van der Waals surface area contributed by atoms with E-state index < -0.39 is 0 Å². The monoisotopic (exact) mass is 223 g/mol. The first-order chi connectivity index (χ1) is 7.11. The van der Waals surface area contributed by atoms with E-state index in [0.717, 1.165) is 5.92 Å². The molecule has 0 spiro atoms. The van der Waals surface area contributed by atoms with Crippen molar-refractivity contribution in [1.29, 1.82) is 0 Å². The molecule has 0 unspecified atom stereocenters. The summed E-state index contributed by atoms with van der Waals surface area (Å²) >= 11 is 1.78. The number of nitrogens with one attached hydrogen (secondary N) is 1. The van der Waals surface area contributed by atoms with Crippen LogP contribution in [0.2, 0.25) is 0 Å². The highest BCUT2D eigenvalue weighted by atomic mass is 32.2. The molecule has 0 amide bonds. The molecule has 0 heterocycles. The van der Waals surface area contributed by atoms with Crippen molar-refractivity contribution in [3.05, 3.63) is 24.3 Å². The van der Waals surface area contributed by atoms with Crippen molar-refractivity contribution >= 4 is 17.4 Å². The molecular weight excluding hydrogens is 202 g/mol. The summed E-state index contributed by atoms with van der Waals surface area (Å²) in [6.07, 6.45) is 3.31. The highest BCUT2D eigenvalue weighted by Crippen LogP contribution is 2.18. The van der Waals surface area contributed by atoms with Crippen LogP contribution < -0.4 is 5.32 Å². The number of rotatable bonds is 5. The van der Waals surface area contributed by atoms with Crippen molar-refractivity contribution in [1.82, 2.24) is 0 Å². The molecule has 15 heavy (non-hydrogen) atoms. The molecule has 1 aromatic carbocycles. The molecular formula is C13H21NS. The molecule has 0 aliphatic rings. The second-order valence-corrected chi connectivity index (χ2v) is 5.28. The summed E-state index contributed by atoms with van der Waals surface area (Å²) < 4.78 is 0. The summed E-state index contributed by atoms with van der Waals surface area (Å²) in [6.45, 7) is 6.76. The van der Waals surface area contributed by atoms with Gasteiger partial charge in [-0.2, -0.15) is 0 Å². The first-order valence-electron chi connectivity index (χ1n) is 5.52. The van der Waals surface area contributed by atoms with Crippen LogP contribution in [0.3, 0.4) is 0 Å². The molecule has 1 nitrogen and oxygen atoms in total. The van der Waals surface area contributed by atoms with Crippen molar-refractivity contribution < 1.29 is 0 Å². The Morgan fingerprint density at radius 1 is 1.13 bits per heavy atom. The SMILES string of the molecule is CSc1ccc(N[C@H](C)CC(C)C)cc1. The summed E-state index contributed by atoms with van der Waals surface area (Å²) in [5.41, 5.74) is 1.22. The Morgan fingerprint density at radius 3 is 2.20 bits per heavy atom. The highest BCUT2D eigenvalue weighted by Gasteiger charge is 2.04. The number of hydrogen-bond acceptors (Lipinski definition) is 2. The Bertz CT molecular complexity index is 279. The van der Waals surface area contributed by atoms with E-state index in [1.807, 2.05) is 0 Å². The fraction of sp³-hybridized carbons (Fsp3) is 0.538. The van der Waals surface area contributed by atoms with Crippen LogP contribution in [0.15, 0.2) is 29.2 Å². The first-order valence-corrected chi connectivity index (χ1v) is 6.75. The van der Waals surface area contributed by atoms with Crippen LogP contribution in [0.4, 0.5) is 5.69 Å². The summed E-state index contributed by atoms with van der Waals surface area (Å²) in [4.78, 5) is 1.32. The van der Waals surface area contributed by atoms with Crippen LogP contribution in [0.25, 0.3) is 0 Å². The van der Waals surface area contributed by atoms with Gasteiger partial charge in [0.1, 0.15) is 0 Å². The third kappa shape index (κ3) is 4.61. The van der Waals surface area contributed by atoms with E-state index in [-0.39, 0.29) is 0 Å². The van der Waals surface area contributed by atoms with Gasteiger partial charge in [-0.15, -0.1) is 11.8 Å². The molecule has 0 fully saturated rings. The second kappa shape index (κ2) is 6.06. The van der Waals surface area contributed by atoms with Gasteiger partial charge in [-0.05, 0) is 49.8 Å². The third-order valence-corrected chi connectivity index (χ3v) is 3.07. The van der Waals surface area contributed by atoms with Gasteiger partial charge in [0, 0.05) is 16.6 Å². The van der Waals surface area contributed by atoms with Gasteiger partial charge in [-0.3, -0.25) is 0 Å². The topological polar surface area (TPSA) is 12.0 Å². The van der Waals surface area contributed by atoms with Crippen LogP contribution in [0.5, 0.6) is 0 Å². The average Bonchev–Trinajstić information content (AvgIpc) is 2.17. The van der Waals surface area contributed by atoms with Crippen LogP contribution >= 0.6 is 11.8 Å². The Morgan fingerprint density at radius 2 is 1.73 bits per heavy atom. The Hall–Kier alpha value is -0.630. The lowest BCUT2D eigenvalue weighted by molar-refractivity contribution is 0.540. The lowest BCUT2D eigenvalue weighted by Crippen LogP contribution is -2.17. The van der Waals surface area contributed by atoms with Crippen LogP contribution in [0.1, 0.15) is 27.2 Å². The zero-order chi connectivity index (χ0) is 11.3. The molecule has 0 radical (unpaired) electrons. The maximum atomic E-state index is 3.52. The number of anilines is 1. The van der Waals surface area contributed by atoms with E-state index in [1.165, 1.54) is 17.0 Å².